The maximum Gasteiger partial charge on any atom is 0.149 e. The Bertz CT molecular complexity index is 506. The Labute approximate surface area is 111 Å². The van der Waals surface area contributed by atoms with Crippen LogP contribution in [0.25, 0.3) is 11.3 Å². The van der Waals surface area contributed by atoms with Crippen LogP contribution in [-0.2, 0) is 4.43 Å². The molecule has 2 nitrogen and oxygen atoms in total. The minimum Gasteiger partial charge on any atom is -0.360 e. The number of rotatable bonds is 2. The number of aromatic nitrogens is 1. The fraction of sp³-hybridized carbons (Fsp3) is 0.182. The average molecular weight is 352 g/mol. The molecule has 0 aliphatic heterocycles. The number of hydrogen-bond acceptors (Lipinski definition) is 2. The van der Waals surface area contributed by atoms with Gasteiger partial charge in [-0.3, -0.25) is 0 Å². The second kappa shape index (κ2) is 4.71. The normalized spacial score (nSPS) is 10.8. The standard InChI is InChI=1S/C11H8ClFINO/c1-6-9(5-14)16-15-11(6)10-7(12)3-2-4-8(10)13/h2-4H,5H2,1H3. The van der Waals surface area contributed by atoms with Crippen LogP contribution in [0.3, 0.4) is 0 Å². The Balaban J connectivity index is 2.63. The summed E-state index contributed by atoms with van der Waals surface area (Å²) in [4.78, 5) is 0. The summed E-state index contributed by atoms with van der Waals surface area (Å²) in [6.07, 6.45) is 0. The maximum absolute atomic E-state index is 13.7. The van der Waals surface area contributed by atoms with Gasteiger partial charge in [0.05, 0.1) is 15.0 Å². The summed E-state index contributed by atoms with van der Waals surface area (Å²) in [6.45, 7) is 1.85. The van der Waals surface area contributed by atoms with E-state index in [1.165, 1.54) is 6.07 Å². The van der Waals surface area contributed by atoms with Crippen molar-refractivity contribution < 1.29 is 8.91 Å². The lowest BCUT2D eigenvalue weighted by molar-refractivity contribution is 0.397. The Morgan fingerprint density at radius 2 is 2.25 bits per heavy atom. The zero-order valence-electron chi connectivity index (χ0n) is 8.43. The Hall–Kier alpha value is -0.620. The first-order chi connectivity index (χ1) is 7.65. The van der Waals surface area contributed by atoms with Gasteiger partial charge in [0.2, 0.25) is 0 Å². The minimum absolute atomic E-state index is 0.307. The van der Waals surface area contributed by atoms with E-state index in [9.17, 15) is 4.39 Å². The average Bonchev–Trinajstić information content (AvgIpc) is 2.60. The van der Waals surface area contributed by atoms with E-state index >= 15 is 0 Å². The van der Waals surface area contributed by atoms with Crippen LogP contribution in [0.5, 0.6) is 0 Å². The van der Waals surface area contributed by atoms with Crippen molar-refractivity contribution in [2.45, 2.75) is 11.4 Å². The van der Waals surface area contributed by atoms with Gasteiger partial charge in [0.25, 0.3) is 0 Å². The van der Waals surface area contributed by atoms with E-state index in [1.54, 1.807) is 12.1 Å². The highest BCUT2D eigenvalue weighted by atomic mass is 127. The molecule has 0 spiro atoms. The van der Waals surface area contributed by atoms with Crippen molar-refractivity contribution in [3.63, 3.8) is 0 Å². The van der Waals surface area contributed by atoms with Gasteiger partial charge in [-0.25, -0.2) is 4.39 Å². The lowest BCUT2D eigenvalue weighted by Crippen LogP contribution is -1.88. The predicted molar refractivity (Wildman–Crippen MR) is 69.4 cm³/mol. The van der Waals surface area contributed by atoms with Gasteiger partial charge in [-0.05, 0) is 19.1 Å². The van der Waals surface area contributed by atoms with Crippen LogP contribution < -0.4 is 0 Å². The van der Waals surface area contributed by atoms with Crippen molar-refractivity contribution in [1.82, 2.24) is 5.16 Å². The first-order valence-corrected chi connectivity index (χ1v) is 6.51. The molecule has 16 heavy (non-hydrogen) atoms. The van der Waals surface area contributed by atoms with Crippen LogP contribution in [0.1, 0.15) is 11.3 Å². The quantitative estimate of drug-likeness (QED) is 0.593. The van der Waals surface area contributed by atoms with Gasteiger partial charge in [-0.1, -0.05) is 45.4 Å². The molecule has 0 saturated heterocycles. The first kappa shape index (κ1) is 11.9. The zero-order valence-corrected chi connectivity index (χ0v) is 11.3. The SMILES string of the molecule is Cc1c(-c2c(F)cccc2Cl)noc1CI. The molecule has 84 valence electrons. The molecule has 1 aromatic heterocycles. The third-order valence-electron chi connectivity index (χ3n) is 2.34. The molecular weight excluding hydrogens is 343 g/mol. The molecule has 2 aromatic rings. The Morgan fingerprint density at radius 3 is 2.81 bits per heavy atom. The van der Waals surface area contributed by atoms with Crippen LogP contribution in [0.4, 0.5) is 4.39 Å². The van der Waals surface area contributed by atoms with E-state index in [-0.39, 0.29) is 5.82 Å². The van der Waals surface area contributed by atoms with Crippen LogP contribution in [-0.4, -0.2) is 5.16 Å². The molecule has 0 amide bonds. The number of halogens is 3. The topological polar surface area (TPSA) is 26.0 Å². The summed E-state index contributed by atoms with van der Waals surface area (Å²) in [5.74, 6) is 0.360. The Morgan fingerprint density at radius 1 is 1.50 bits per heavy atom. The third kappa shape index (κ3) is 1.96. The van der Waals surface area contributed by atoms with Crippen LogP contribution in [0.15, 0.2) is 22.7 Å². The van der Waals surface area contributed by atoms with Crippen molar-refractivity contribution in [3.05, 3.63) is 40.4 Å². The van der Waals surface area contributed by atoms with Gasteiger partial charge < -0.3 is 4.52 Å². The van der Waals surface area contributed by atoms with E-state index in [1.807, 2.05) is 6.92 Å². The fourth-order valence-corrected chi connectivity index (χ4v) is 2.42. The number of alkyl halides is 1. The van der Waals surface area contributed by atoms with Gasteiger partial charge in [-0.15, -0.1) is 0 Å². The van der Waals surface area contributed by atoms with Crippen molar-refractivity contribution in [1.29, 1.82) is 0 Å². The maximum atomic E-state index is 13.7. The van der Waals surface area contributed by atoms with Crippen LogP contribution in [0, 0.1) is 12.7 Å². The smallest absolute Gasteiger partial charge is 0.149 e. The van der Waals surface area contributed by atoms with E-state index in [2.05, 4.69) is 27.7 Å². The number of benzene rings is 1. The lowest BCUT2D eigenvalue weighted by atomic mass is 10.1. The van der Waals surface area contributed by atoms with Crippen molar-refractivity contribution >= 4 is 34.2 Å². The third-order valence-corrected chi connectivity index (χ3v) is 3.35. The molecule has 1 heterocycles. The van der Waals surface area contributed by atoms with Crippen molar-refractivity contribution in [2.24, 2.45) is 0 Å². The molecule has 2 rings (SSSR count). The number of nitrogens with zero attached hydrogens (tertiary/aromatic N) is 1. The van der Waals surface area contributed by atoms with Gasteiger partial charge in [-0.2, -0.15) is 0 Å². The molecule has 1 aromatic carbocycles. The number of hydrogen-bond donors (Lipinski definition) is 0. The van der Waals surface area contributed by atoms with Crippen molar-refractivity contribution in [3.8, 4) is 11.3 Å². The second-order valence-electron chi connectivity index (χ2n) is 3.31. The Kier molecular flexibility index (Phi) is 3.49. The molecule has 0 fully saturated rings. The summed E-state index contributed by atoms with van der Waals surface area (Å²) in [5.41, 5.74) is 1.62. The highest BCUT2D eigenvalue weighted by Crippen LogP contribution is 2.33. The summed E-state index contributed by atoms with van der Waals surface area (Å²) in [7, 11) is 0. The second-order valence-corrected chi connectivity index (χ2v) is 4.48. The molecule has 0 aliphatic carbocycles. The van der Waals surface area contributed by atoms with Gasteiger partial charge >= 0.3 is 0 Å². The molecule has 5 heteroatoms. The monoisotopic (exact) mass is 351 g/mol. The van der Waals surface area contributed by atoms with Crippen LogP contribution in [0.2, 0.25) is 5.02 Å². The summed E-state index contributed by atoms with van der Waals surface area (Å²) in [6, 6.07) is 4.56. The highest BCUT2D eigenvalue weighted by Gasteiger charge is 2.18. The van der Waals surface area contributed by atoms with Crippen LogP contribution >= 0.6 is 34.2 Å². The molecular formula is C11H8ClFINO. The lowest BCUT2D eigenvalue weighted by Gasteiger charge is -2.02. The first-order valence-electron chi connectivity index (χ1n) is 4.60. The van der Waals surface area contributed by atoms with Crippen molar-refractivity contribution in [2.75, 3.05) is 0 Å². The molecule has 0 radical (unpaired) electrons. The molecule has 0 bridgehead atoms. The van der Waals surface area contributed by atoms with Gasteiger partial charge in [0, 0.05) is 5.56 Å². The van der Waals surface area contributed by atoms with E-state index in [4.69, 9.17) is 16.1 Å². The summed E-state index contributed by atoms with van der Waals surface area (Å²) in [5, 5.41) is 4.22. The molecule has 0 saturated carbocycles. The summed E-state index contributed by atoms with van der Waals surface area (Å²) >= 11 is 8.13. The largest absolute Gasteiger partial charge is 0.360 e. The zero-order chi connectivity index (χ0) is 11.7. The van der Waals surface area contributed by atoms with E-state index in [0.29, 0.717) is 20.7 Å². The highest BCUT2D eigenvalue weighted by molar-refractivity contribution is 14.1. The molecule has 0 aliphatic rings. The molecule has 0 unspecified atom stereocenters. The van der Waals surface area contributed by atoms with E-state index in [0.717, 1.165) is 11.3 Å². The van der Waals surface area contributed by atoms with Gasteiger partial charge in [0.15, 0.2) is 0 Å². The minimum atomic E-state index is -0.385. The summed E-state index contributed by atoms with van der Waals surface area (Å²) < 4.78 is 19.5. The van der Waals surface area contributed by atoms with Gasteiger partial charge in [0.1, 0.15) is 17.3 Å². The van der Waals surface area contributed by atoms with E-state index < -0.39 is 0 Å². The molecule has 0 atom stereocenters. The fourth-order valence-electron chi connectivity index (χ4n) is 1.45. The molecule has 0 N–H and O–H groups in total. The predicted octanol–water partition coefficient (Wildman–Crippen LogP) is 4.38.